The van der Waals surface area contributed by atoms with Crippen LogP contribution in [0, 0.1) is 11.8 Å². The van der Waals surface area contributed by atoms with Gasteiger partial charge in [-0.1, -0.05) is 11.8 Å². The zero-order valence-electron chi connectivity index (χ0n) is 9.51. The summed E-state index contributed by atoms with van der Waals surface area (Å²) >= 11 is 0. The van der Waals surface area contributed by atoms with Crippen LogP contribution < -0.4 is 11.5 Å². The van der Waals surface area contributed by atoms with Gasteiger partial charge in [0.05, 0.1) is 11.4 Å². The second-order valence-corrected chi connectivity index (χ2v) is 3.80. The number of nitrogens with two attached hydrogens (primary N) is 2. The maximum atomic E-state index is 9.43. The average molecular weight is 240 g/mol. The van der Waals surface area contributed by atoms with Crippen molar-refractivity contribution in [3.05, 3.63) is 47.5 Å². The van der Waals surface area contributed by atoms with E-state index >= 15 is 0 Å². The average Bonchev–Trinajstić information content (AvgIpc) is 2.35. The molecule has 6 N–H and O–H groups in total. The highest BCUT2D eigenvalue weighted by molar-refractivity contribution is 5.59. The fraction of sp³-hybridized carbons (Fsp3) is 0. The van der Waals surface area contributed by atoms with Gasteiger partial charge in [-0.15, -0.1) is 0 Å². The summed E-state index contributed by atoms with van der Waals surface area (Å²) in [6.45, 7) is 0. The minimum absolute atomic E-state index is 0.00650. The Labute approximate surface area is 104 Å². The van der Waals surface area contributed by atoms with Crippen LogP contribution in [-0.2, 0) is 0 Å². The van der Waals surface area contributed by atoms with Gasteiger partial charge in [-0.25, -0.2) is 0 Å². The van der Waals surface area contributed by atoms with Crippen molar-refractivity contribution in [1.82, 2.24) is 0 Å². The summed E-state index contributed by atoms with van der Waals surface area (Å²) in [6.07, 6.45) is 0. The smallest absolute Gasteiger partial charge is 0.139 e. The Morgan fingerprint density at radius 2 is 1.33 bits per heavy atom. The van der Waals surface area contributed by atoms with E-state index in [1.807, 2.05) is 0 Å². The van der Waals surface area contributed by atoms with Crippen LogP contribution >= 0.6 is 0 Å². The topological polar surface area (TPSA) is 92.5 Å². The molecule has 0 aliphatic heterocycles. The number of aromatic hydroxyl groups is 2. The Balaban J connectivity index is 2.30. The third kappa shape index (κ3) is 2.47. The molecule has 0 radical (unpaired) electrons. The Bertz CT molecular complexity index is 599. The van der Waals surface area contributed by atoms with Gasteiger partial charge in [0.1, 0.15) is 11.5 Å². The van der Waals surface area contributed by atoms with Gasteiger partial charge in [-0.3, -0.25) is 0 Å². The van der Waals surface area contributed by atoms with Gasteiger partial charge >= 0.3 is 0 Å². The van der Waals surface area contributed by atoms with Crippen LogP contribution in [0.3, 0.4) is 0 Å². The van der Waals surface area contributed by atoms with Crippen LogP contribution in [0.1, 0.15) is 11.1 Å². The quantitative estimate of drug-likeness (QED) is 0.320. The van der Waals surface area contributed by atoms with Crippen LogP contribution in [0.5, 0.6) is 11.5 Å². The minimum atomic E-state index is 0.00650. The molecule has 0 unspecified atom stereocenters. The highest BCUT2D eigenvalue weighted by Crippen LogP contribution is 2.21. The Hall–Kier alpha value is -2.80. The number of rotatable bonds is 0. The zero-order valence-corrected chi connectivity index (χ0v) is 9.51. The standard InChI is InChI=1S/C14H12N2O2/c15-11-5-3-10(8-14(11)18)2-1-9-4-6-13(17)12(16)7-9/h3-8,17-18H,15-16H2. The van der Waals surface area contributed by atoms with Gasteiger partial charge in [0.2, 0.25) is 0 Å². The molecule has 0 saturated heterocycles. The van der Waals surface area contributed by atoms with Crippen molar-refractivity contribution < 1.29 is 10.2 Å². The molecule has 0 heterocycles. The van der Waals surface area contributed by atoms with E-state index in [1.54, 1.807) is 24.3 Å². The lowest BCUT2D eigenvalue weighted by atomic mass is 10.1. The highest BCUT2D eigenvalue weighted by Gasteiger charge is 1.97. The van der Waals surface area contributed by atoms with Crippen molar-refractivity contribution >= 4 is 11.4 Å². The SMILES string of the molecule is Nc1cc(C#Cc2ccc(N)c(O)c2)ccc1O. The number of hydrogen-bond donors (Lipinski definition) is 4. The molecule has 0 bridgehead atoms. The Morgan fingerprint density at radius 3 is 1.94 bits per heavy atom. The molecule has 0 saturated carbocycles. The van der Waals surface area contributed by atoms with E-state index in [0.717, 1.165) is 0 Å². The third-order valence-corrected chi connectivity index (χ3v) is 2.41. The normalized spacial score (nSPS) is 9.56. The maximum absolute atomic E-state index is 9.43. The predicted octanol–water partition coefficient (Wildman–Crippen LogP) is 1.66. The molecular weight excluding hydrogens is 228 g/mol. The van der Waals surface area contributed by atoms with Crippen molar-refractivity contribution in [1.29, 1.82) is 0 Å². The molecule has 0 fully saturated rings. The van der Waals surface area contributed by atoms with E-state index in [-0.39, 0.29) is 17.2 Å². The number of phenolic OH excluding ortho intramolecular Hbond substituents is 2. The van der Waals surface area contributed by atoms with Crippen LogP contribution in [0.15, 0.2) is 36.4 Å². The van der Waals surface area contributed by atoms with Gasteiger partial charge in [0, 0.05) is 11.1 Å². The first-order valence-electron chi connectivity index (χ1n) is 5.25. The van der Waals surface area contributed by atoms with E-state index in [0.29, 0.717) is 16.8 Å². The number of anilines is 2. The molecule has 4 nitrogen and oxygen atoms in total. The molecule has 2 aromatic carbocycles. The molecule has 0 spiro atoms. The summed E-state index contributed by atoms with van der Waals surface area (Å²) in [6, 6.07) is 9.53. The van der Waals surface area contributed by atoms with Gasteiger partial charge < -0.3 is 21.7 Å². The van der Waals surface area contributed by atoms with E-state index in [2.05, 4.69) is 11.8 Å². The fourth-order valence-corrected chi connectivity index (χ4v) is 1.40. The molecule has 0 aliphatic rings. The van der Waals surface area contributed by atoms with Crippen molar-refractivity contribution in [2.45, 2.75) is 0 Å². The van der Waals surface area contributed by atoms with Gasteiger partial charge in [0.15, 0.2) is 0 Å². The summed E-state index contributed by atoms with van der Waals surface area (Å²) in [5, 5.41) is 18.7. The van der Waals surface area contributed by atoms with Crippen LogP contribution in [0.4, 0.5) is 11.4 Å². The second-order valence-electron chi connectivity index (χ2n) is 3.80. The molecular formula is C14H12N2O2. The number of hydrogen-bond acceptors (Lipinski definition) is 4. The Morgan fingerprint density at radius 1 is 0.722 bits per heavy atom. The first kappa shape index (κ1) is 11.7. The molecule has 0 aliphatic carbocycles. The number of nitrogen functional groups attached to an aromatic ring is 2. The molecule has 90 valence electrons. The lowest BCUT2D eigenvalue weighted by Crippen LogP contribution is -1.87. The third-order valence-electron chi connectivity index (χ3n) is 2.41. The lowest BCUT2D eigenvalue weighted by molar-refractivity contribution is 0.477. The summed E-state index contributed by atoms with van der Waals surface area (Å²) in [7, 11) is 0. The second kappa shape index (κ2) is 4.60. The van der Waals surface area contributed by atoms with Crippen LogP contribution in [0.2, 0.25) is 0 Å². The van der Waals surface area contributed by atoms with Gasteiger partial charge in [0.25, 0.3) is 0 Å². The van der Waals surface area contributed by atoms with Crippen molar-refractivity contribution in [2.75, 3.05) is 11.5 Å². The molecule has 4 heteroatoms. The van der Waals surface area contributed by atoms with E-state index < -0.39 is 0 Å². The van der Waals surface area contributed by atoms with Crippen LogP contribution in [-0.4, -0.2) is 10.2 Å². The zero-order chi connectivity index (χ0) is 13.1. The maximum Gasteiger partial charge on any atom is 0.139 e. The molecule has 0 aromatic heterocycles. The van der Waals surface area contributed by atoms with Crippen LogP contribution in [0.25, 0.3) is 0 Å². The summed E-state index contributed by atoms with van der Waals surface area (Å²) in [4.78, 5) is 0. The lowest BCUT2D eigenvalue weighted by Gasteiger charge is -1.99. The summed E-state index contributed by atoms with van der Waals surface area (Å²) in [5.41, 5.74) is 13.0. The summed E-state index contributed by atoms with van der Waals surface area (Å²) < 4.78 is 0. The summed E-state index contributed by atoms with van der Waals surface area (Å²) in [5.74, 6) is 5.80. The first-order valence-corrected chi connectivity index (χ1v) is 5.25. The molecule has 18 heavy (non-hydrogen) atoms. The van der Waals surface area contributed by atoms with E-state index in [1.165, 1.54) is 12.1 Å². The Kier molecular flexibility index (Phi) is 2.98. The number of benzene rings is 2. The molecule has 2 aromatic rings. The van der Waals surface area contributed by atoms with E-state index in [4.69, 9.17) is 11.5 Å². The molecule has 2 rings (SSSR count). The van der Waals surface area contributed by atoms with Gasteiger partial charge in [-0.05, 0) is 36.4 Å². The van der Waals surface area contributed by atoms with Crippen molar-refractivity contribution in [3.8, 4) is 23.3 Å². The van der Waals surface area contributed by atoms with Gasteiger partial charge in [-0.2, -0.15) is 0 Å². The van der Waals surface area contributed by atoms with E-state index in [9.17, 15) is 10.2 Å². The molecule has 0 atom stereocenters. The fourth-order valence-electron chi connectivity index (χ4n) is 1.40. The van der Waals surface area contributed by atoms with Crippen molar-refractivity contribution in [3.63, 3.8) is 0 Å². The van der Waals surface area contributed by atoms with Crippen molar-refractivity contribution in [2.24, 2.45) is 0 Å². The monoisotopic (exact) mass is 240 g/mol. The molecule has 0 amide bonds. The minimum Gasteiger partial charge on any atom is -0.506 e. The number of phenols is 2. The highest BCUT2D eigenvalue weighted by atomic mass is 16.3. The first-order chi connectivity index (χ1) is 8.56. The largest absolute Gasteiger partial charge is 0.506 e. The predicted molar refractivity (Wildman–Crippen MR) is 71.0 cm³/mol.